The molecule has 0 aliphatic heterocycles. The third-order valence-electron chi connectivity index (χ3n) is 5.74. The average Bonchev–Trinajstić information content (AvgIpc) is 3.26. The third-order valence-corrected chi connectivity index (χ3v) is 5.74. The minimum atomic E-state index is -0.0940. The summed E-state index contributed by atoms with van der Waals surface area (Å²) in [5, 5.41) is 13.1. The first kappa shape index (κ1) is 21.7. The molecule has 3 aromatic heterocycles. The van der Waals surface area contributed by atoms with Gasteiger partial charge in [-0.05, 0) is 58.7 Å². The molecular formula is C25H30N6O. The van der Waals surface area contributed by atoms with Crippen molar-refractivity contribution in [3.05, 3.63) is 76.4 Å². The summed E-state index contributed by atoms with van der Waals surface area (Å²) >= 11 is 0. The number of carbonyl (C=O) groups is 1. The van der Waals surface area contributed by atoms with Crippen molar-refractivity contribution in [3.63, 3.8) is 0 Å². The molecule has 7 nitrogen and oxygen atoms in total. The van der Waals surface area contributed by atoms with Crippen LogP contribution < -0.4 is 5.32 Å². The number of amides is 1. The van der Waals surface area contributed by atoms with Crippen LogP contribution in [-0.2, 0) is 6.54 Å². The lowest BCUT2D eigenvalue weighted by Crippen LogP contribution is -2.27. The largest absolute Gasteiger partial charge is 0.352 e. The van der Waals surface area contributed by atoms with E-state index in [1.165, 1.54) is 0 Å². The Hall–Kier alpha value is -3.48. The van der Waals surface area contributed by atoms with Gasteiger partial charge < -0.3 is 5.32 Å². The molecule has 1 atom stereocenters. The van der Waals surface area contributed by atoms with E-state index in [-0.39, 0.29) is 11.9 Å². The lowest BCUT2D eigenvalue weighted by molar-refractivity contribution is 0.0953. The monoisotopic (exact) mass is 430 g/mol. The van der Waals surface area contributed by atoms with Gasteiger partial charge >= 0.3 is 0 Å². The molecule has 1 aromatic carbocycles. The van der Waals surface area contributed by atoms with E-state index in [1.807, 2.05) is 54.4 Å². The Bertz CT molecular complexity index is 1250. The second-order valence-electron chi connectivity index (χ2n) is 8.50. The zero-order valence-corrected chi connectivity index (χ0v) is 19.4. The topological polar surface area (TPSA) is 77.6 Å². The molecule has 0 bridgehead atoms. The molecule has 0 aliphatic rings. The van der Waals surface area contributed by atoms with Crippen LogP contribution in [0, 0.1) is 27.7 Å². The van der Waals surface area contributed by atoms with Crippen molar-refractivity contribution >= 4 is 16.9 Å². The van der Waals surface area contributed by atoms with Crippen LogP contribution in [0.1, 0.15) is 58.1 Å². The maximum Gasteiger partial charge on any atom is 0.252 e. The summed E-state index contributed by atoms with van der Waals surface area (Å²) in [4.78, 5) is 17.8. The van der Waals surface area contributed by atoms with Gasteiger partial charge in [0, 0.05) is 17.9 Å². The van der Waals surface area contributed by atoms with Crippen molar-refractivity contribution in [2.24, 2.45) is 0 Å². The molecule has 1 N–H and O–H groups in total. The maximum absolute atomic E-state index is 13.1. The molecule has 0 spiro atoms. The molecule has 4 rings (SSSR count). The van der Waals surface area contributed by atoms with Gasteiger partial charge in [-0.15, -0.1) is 0 Å². The molecule has 1 amide bonds. The van der Waals surface area contributed by atoms with E-state index in [1.54, 1.807) is 0 Å². The predicted molar refractivity (Wildman–Crippen MR) is 126 cm³/mol. The zero-order valence-electron chi connectivity index (χ0n) is 19.4. The van der Waals surface area contributed by atoms with Gasteiger partial charge in [0.1, 0.15) is 0 Å². The highest BCUT2D eigenvalue weighted by molar-refractivity contribution is 6.06. The summed E-state index contributed by atoms with van der Waals surface area (Å²) in [6, 6.07) is 14.3. The summed E-state index contributed by atoms with van der Waals surface area (Å²) in [6.07, 6.45) is 0.799. The molecule has 0 unspecified atom stereocenters. The zero-order chi connectivity index (χ0) is 22.8. The molecule has 4 aromatic rings. The van der Waals surface area contributed by atoms with Crippen molar-refractivity contribution in [1.82, 2.24) is 29.9 Å². The maximum atomic E-state index is 13.1. The Morgan fingerprint density at radius 1 is 1.03 bits per heavy atom. The van der Waals surface area contributed by atoms with Crippen molar-refractivity contribution < 1.29 is 4.79 Å². The quantitative estimate of drug-likeness (QED) is 0.474. The molecule has 0 saturated heterocycles. The molecule has 0 radical (unpaired) electrons. The number of nitrogens with one attached hydrogen (secondary N) is 1. The second kappa shape index (κ2) is 8.94. The number of fused-ring (bicyclic) bond motifs is 1. The number of hydrogen-bond acceptors (Lipinski definition) is 4. The highest BCUT2D eigenvalue weighted by atomic mass is 16.1. The molecule has 0 aliphatic carbocycles. The average molecular weight is 431 g/mol. The van der Waals surface area contributed by atoms with E-state index < -0.39 is 0 Å². The number of hydrogen-bond donors (Lipinski definition) is 1. The van der Waals surface area contributed by atoms with Crippen molar-refractivity contribution in [1.29, 1.82) is 0 Å². The SMILES string of the molecule is Cc1cc(C(=O)NCC[C@H](C)n2nc(C)cc2C)c2c(C)nn(Cc3ccccc3)c2n1. The van der Waals surface area contributed by atoms with Gasteiger partial charge in [0.2, 0.25) is 0 Å². The van der Waals surface area contributed by atoms with Crippen LogP contribution in [0.3, 0.4) is 0 Å². The molecule has 166 valence electrons. The highest BCUT2D eigenvalue weighted by Crippen LogP contribution is 2.23. The predicted octanol–water partition coefficient (Wildman–Crippen LogP) is 4.29. The van der Waals surface area contributed by atoms with Crippen LogP contribution in [0.4, 0.5) is 0 Å². The summed E-state index contributed by atoms with van der Waals surface area (Å²) in [7, 11) is 0. The number of carbonyl (C=O) groups excluding carboxylic acids is 1. The Morgan fingerprint density at radius 3 is 2.47 bits per heavy atom. The Balaban J connectivity index is 1.53. The first-order valence-electron chi connectivity index (χ1n) is 11.0. The van der Waals surface area contributed by atoms with Crippen molar-refractivity contribution in [2.45, 2.75) is 53.6 Å². The number of benzene rings is 1. The summed E-state index contributed by atoms with van der Waals surface area (Å²) < 4.78 is 3.91. The molecular weight excluding hydrogens is 400 g/mol. The van der Waals surface area contributed by atoms with Gasteiger partial charge in [-0.1, -0.05) is 30.3 Å². The van der Waals surface area contributed by atoms with Gasteiger partial charge in [0.15, 0.2) is 5.65 Å². The van der Waals surface area contributed by atoms with Crippen LogP contribution in [-0.4, -0.2) is 37.0 Å². The molecule has 32 heavy (non-hydrogen) atoms. The van der Waals surface area contributed by atoms with E-state index in [4.69, 9.17) is 10.1 Å². The van der Waals surface area contributed by atoms with Crippen molar-refractivity contribution in [3.8, 4) is 0 Å². The number of aromatic nitrogens is 5. The molecule has 7 heteroatoms. The third kappa shape index (κ3) is 4.42. The standard InChI is InChI=1S/C25H30N6O/c1-16-14-22(25(32)26-12-11-18(3)31-19(4)13-17(2)28-31)23-20(5)29-30(24(23)27-16)15-21-9-7-6-8-10-21/h6-10,13-14,18H,11-12,15H2,1-5H3,(H,26,32)/t18-/m0/s1. The Kier molecular flexibility index (Phi) is 6.08. The van der Waals surface area contributed by atoms with Crippen LogP contribution in [0.25, 0.3) is 11.0 Å². The minimum absolute atomic E-state index is 0.0940. The van der Waals surface area contributed by atoms with E-state index in [9.17, 15) is 4.79 Å². The molecule has 0 fully saturated rings. The van der Waals surface area contributed by atoms with Crippen LogP contribution in [0.5, 0.6) is 0 Å². The van der Waals surface area contributed by atoms with E-state index in [0.29, 0.717) is 18.7 Å². The first-order valence-corrected chi connectivity index (χ1v) is 11.0. The number of aryl methyl sites for hydroxylation is 4. The summed E-state index contributed by atoms with van der Waals surface area (Å²) in [5.41, 5.74) is 6.27. The van der Waals surface area contributed by atoms with Crippen LogP contribution in [0.2, 0.25) is 0 Å². The summed E-state index contributed by atoms with van der Waals surface area (Å²) in [5.74, 6) is -0.0940. The van der Waals surface area contributed by atoms with Crippen LogP contribution >= 0.6 is 0 Å². The fraction of sp³-hybridized carbons (Fsp3) is 0.360. The minimum Gasteiger partial charge on any atom is -0.352 e. The number of pyridine rings is 1. The van der Waals surface area contributed by atoms with Gasteiger partial charge in [0.05, 0.1) is 34.9 Å². The summed E-state index contributed by atoms with van der Waals surface area (Å²) in [6.45, 7) is 11.2. The first-order chi connectivity index (χ1) is 15.3. The van der Waals surface area contributed by atoms with E-state index >= 15 is 0 Å². The fourth-order valence-electron chi connectivity index (χ4n) is 4.23. The number of nitrogens with zero attached hydrogens (tertiary/aromatic N) is 5. The Labute approximate surface area is 188 Å². The van der Waals surface area contributed by atoms with Gasteiger partial charge in [-0.3, -0.25) is 9.48 Å². The van der Waals surface area contributed by atoms with Gasteiger partial charge in [-0.2, -0.15) is 10.2 Å². The van der Waals surface area contributed by atoms with Crippen LogP contribution in [0.15, 0.2) is 42.5 Å². The van der Waals surface area contributed by atoms with Gasteiger partial charge in [-0.25, -0.2) is 9.67 Å². The molecule has 0 saturated carbocycles. The normalized spacial score (nSPS) is 12.3. The fourth-order valence-corrected chi connectivity index (χ4v) is 4.23. The smallest absolute Gasteiger partial charge is 0.252 e. The van der Waals surface area contributed by atoms with E-state index in [2.05, 4.69) is 42.5 Å². The van der Waals surface area contributed by atoms with Gasteiger partial charge in [0.25, 0.3) is 5.91 Å². The Morgan fingerprint density at radius 2 is 1.78 bits per heavy atom. The number of rotatable bonds is 7. The van der Waals surface area contributed by atoms with Crippen molar-refractivity contribution in [2.75, 3.05) is 6.54 Å². The highest BCUT2D eigenvalue weighted by Gasteiger charge is 2.19. The molecule has 3 heterocycles. The lowest BCUT2D eigenvalue weighted by atomic mass is 10.1. The lowest BCUT2D eigenvalue weighted by Gasteiger charge is -2.15. The van der Waals surface area contributed by atoms with E-state index in [0.717, 1.165) is 45.8 Å². The second-order valence-corrected chi connectivity index (χ2v) is 8.50.